The largest absolute Gasteiger partial charge is 0.491 e. The van der Waals surface area contributed by atoms with Gasteiger partial charge >= 0.3 is 0 Å². The summed E-state index contributed by atoms with van der Waals surface area (Å²) in [6.07, 6.45) is 2.20. The van der Waals surface area contributed by atoms with Crippen LogP contribution in [0.4, 0.5) is 8.78 Å². The molecule has 0 spiro atoms. The van der Waals surface area contributed by atoms with Gasteiger partial charge in [-0.25, -0.2) is 8.78 Å². The zero-order valence-corrected chi connectivity index (χ0v) is 13.6. The second-order valence-electron chi connectivity index (χ2n) is 6.21. The Morgan fingerprint density at radius 1 is 1.13 bits per heavy atom. The van der Waals surface area contributed by atoms with E-state index in [9.17, 15) is 8.78 Å². The molecule has 0 radical (unpaired) electrons. The number of benzene rings is 1. The normalized spacial score (nSPS) is 21.5. The molecule has 2 saturated heterocycles. The molecule has 4 nitrogen and oxygen atoms in total. The third-order valence-electron chi connectivity index (χ3n) is 4.84. The maximum absolute atomic E-state index is 14.2. The number of piperazine rings is 1. The Balaban J connectivity index is 1.56. The molecular formula is C17H24F2N2O2. The van der Waals surface area contributed by atoms with Crippen molar-refractivity contribution in [2.75, 3.05) is 46.5 Å². The molecule has 1 aromatic carbocycles. The molecule has 2 aliphatic heterocycles. The number of nitrogens with zero attached hydrogens (tertiary/aromatic N) is 2. The average Bonchev–Trinajstić information content (AvgIpc) is 2.59. The molecule has 0 aliphatic carbocycles. The van der Waals surface area contributed by atoms with E-state index in [-0.39, 0.29) is 5.75 Å². The SMILES string of the molecule is COc1c(F)ccc(CN2CCN(C3CCOCC3)CC2)c1F. The first-order chi connectivity index (χ1) is 11.2. The van der Waals surface area contributed by atoms with Gasteiger partial charge in [-0.2, -0.15) is 0 Å². The molecule has 3 rings (SSSR count). The molecule has 0 unspecified atom stereocenters. The van der Waals surface area contributed by atoms with Gasteiger partial charge in [-0.3, -0.25) is 9.80 Å². The summed E-state index contributed by atoms with van der Waals surface area (Å²) in [5.41, 5.74) is 0.489. The fourth-order valence-corrected chi connectivity index (χ4v) is 3.46. The van der Waals surface area contributed by atoms with Crippen LogP contribution in [0.2, 0.25) is 0 Å². The molecule has 0 saturated carbocycles. The highest BCUT2D eigenvalue weighted by atomic mass is 19.1. The van der Waals surface area contributed by atoms with Crippen LogP contribution in [-0.4, -0.2) is 62.3 Å². The first-order valence-corrected chi connectivity index (χ1v) is 8.24. The van der Waals surface area contributed by atoms with Gasteiger partial charge in [-0.1, -0.05) is 6.07 Å². The second kappa shape index (κ2) is 7.55. The van der Waals surface area contributed by atoms with Crippen molar-refractivity contribution in [3.05, 3.63) is 29.3 Å². The smallest absolute Gasteiger partial charge is 0.190 e. The quantitative estimate of drug-likeness (QED) is 0.847. The van der Waals surface area contributed by atoms with E-state index in [0.717, 1.165) is 52.2 Å². The fourth-order valence-electron chi connectivity index (χ4n) is 3.46. The molecule has 0 bridgehead atoms. The minimum absolute atomic E-state index is 0.289. The van der Waals surface area contributed by atoms with Gasteiger partial charge < -0.3 is 9.47 Å². The predicted octanol–water partition coefficient (Wildman–Crippen LogP) is 2.27. The first-order valence-electron chi connectivity index (χ1n) is 8.24. The van der Waals surface area contributed by atoms with E-state index in [1.807, 2.05) is 0 Å². The Hall–Kier alpha value is -1.24. The van der Waals surface area contributed by atoms with Crippen LogP contribution < -0.4 is 4.74 Å². The van der Waals surface area contributed by atoms with Crippen LogP contribution in [0.25, 0.3) is 0 Å². The van der Waals surface area contributed by atoms with Crippen LogP contribution in [0.3, 0.4) is 0 Å². The maximum Gasteiger partial charge on any atom is 0.190 e. The predicted molar refractivity (Wildman–Crippen MR) is 83.6 cm³/mol. The average molecular weight is 326 g/mol. The van der Waals surface area contributed by atoms with Gasteiger partial charge in [0, 0.05) is 57.5 Å². The van der Waals surface area contributed by atoms with Gasteiger partial charge in [0.25, 0.3) is 0 Å². The van der Waals surface area contributed by atoms with Gasteiger partial charge in [-0.05, 0) is 18.9 Å². The van der Waals surface area contributed by atoms with Crippen LogP contribution in [0.15, 0.2) is 12.1 Å². The van der Waals surface area contributed by atoms with Crippen molar-refractivity contribution < 1.29 is 18.3 Å². The number of rotatable bonds is 4. The lowest BCUT2D eigenvalue weighted by molar-refractivity contribution is 0.0124. The molecule has 2 aliphatic rings. The molecule has 1 aromatic rings. The molecule has 23 heavy (non-hydrogen) atoms. The molecule has 0 amide bonds. The van der Waals surface area contributed by atoms with Crippen molar-refractivity contribution in [2.45, 2.75) is 25.4 Å². The molecule has 2 fully saturated rings. The van der Waals surface area contributed by atoms with Crippen molar-refractivity contribution in [3.63, 3.8) is 0 Å². The van der Waals surface area contributed by atoms with Crippen LogP contribution >= 0.6 is 0 Å². The number of hydrogen-bond acceptors (Lipinski definition) is 4. The van der Waals surface area contributed by atoms with E-state index in [1.165, 1.54) is 19.2 Å². The van der Waals surface area contributed by atoms with Crippen molar-refractivity contribution in [1.29, 1.82) is 0 Å². The van der Waals surface area contributed by atoms with E-state index in [0.29, 0.717) is 18.2 Å². The zero-order chi connectivity index (χ0) is 16.2. The van der Waals surface area contributed by atoms with Crippen LogP contribution in [0.1, 0.15) is 18.4 Å². The highest BCUT2D eigenvalue weighted by Gasteiger charge is 2.26. The van der Waals surface area contributed by atoms with Crippen LogP contribution in [0.5, 0.6) is 5.75 Å². The Labute approximate surface area is 136 Å². The first kappa shape index (κ1) is 16.6. The summed E-state index contributed by atoms with van der Waals surface area (Å²) >= 11 is 0. The molecule has 6 heteroatoms. The second-order valence-corrected chi connectivity index (χ2v) is 6.21. The summed E-state index contributed by atoms with van der Waals surface area (Å²) in [7, 11) is 1.29. The molecule has 2 heterocycles. The van der Waals surface area contributed by atoms with E-state index >= 15 is 0 Å². The Morgan fingerprint density at radius 3 is 2.48 bits per heavy atom. The standard InChI is InChI=1S/C17H24F2N2O2/c1-22-17-15(18)3-2-13(16(17)19)12-20-6-8-21(9-7-20)14-4-10-23-11-5-14/h2-3,14H,4-12H2,1H3. The summed E-state index contributed by atoms with van der Waals surface area (Å²) < 4.78 is 37.9. The molecule has 0 aromatic heterocycles. The zero-order valence-electron chi connectivity index (χ0n) is 13.6. The lowest BCUT2D eigenvalue weighted by Crippen LogP contribution is -2.51. The lowest BCUT2D eigenvalue weighted by Gasteiger charge is -2.40. The van der Waals surface area contributed by atoms with Gasteiger partial charge in [0.15, 0.2) is 17.4 Å². The number of ether oxygens (including phenoxy) is 2. The minimum atomic E-state index is -0.655. The van der Waals surface area contributed by atoms with Crippen molar-refractivity contribution >= 4 is 0 Å². The third-order valence-corrected chi connectivity index (χ3v) is 4.84. The van der Waals surface area contributed by atoms with Gasteiger partial charge in [-0.15, -0.1) is 0 Å². The molecule has 128 valence electrons. The van der Waals surface area contributed by atoms with Crippen molar-refractivity contribution in [3.8, 4) is 5.75 Å². The monoisotopic (exact) mass is 326 g/mol. The summed E-state index contributed by atoms with van der Waals surface area (Å²) in [5.74, 6) is -1.53. The van der Waals surface area contributed by atoms with E-state index in [4.69, 9.17) is 9.47 Å². The molecule has 0 atom stereocenters. The summed E-state index contributed by atoms with van der Waals surface area (Å²) in [6, 6.07) is 3.40. The van der Waals surface area contributed by atoms with Crippen molar-refractivity contribution in [2.24, 2.45) is 0 Å². The van der Waals surface area contributed by atoms with E-state index < -0.39 is 11.6 Å². The number of halogens is 2. The van der Waals surface area contributed by atoms with Crippen LogP contribution in [-0.2, 0) is 11.3 Å². The molecule has 0 N–H and O–H groups in total. The minimum Gasteiger partial charge on any atom is -0.491 e. The highest BCUT2D eigenvalue weighted by Crippen LogP contribution is 2.25. The van der Waals surface area contributed by atoms with E-state index in [2.05, 4.69) is 9.80 Å². The number of methoxy groups -OCH3 is 1. The van der Waals surface area contributed by atoms with Gasteiger partial charge in [0.2, 0.25) is 0 Å². The summed E-state index contributed by atoms with van der Waals surface area (Å²) in [6.45, 7) is 5.98. The van der Waals surface area contributed by atoms with Gasteiger partial charge in [0.1, 0.15) is 0 Å². The van der Waals surface area contributed by atoms with E-state index in [1.54, 1.807) is 0 Å². The lowest BCUT2D eigenvalue weighted by atomic mass is 10.1. The van der Waals surface area contributed by atoms with Crippen molar-refractivity contribution in [1.82, 2.24) is 9.80 Å². The number of hydrogen-bond donors (Lipinski definition) is 0. The maximum atomic E-state index is 14.2. The Kier molecular flexibility index (Phi) is 5.46. The highest BCUT2D eigenvalue weighted by molar-refractivity contribution is 5.32. The third kappa shape index (κ3) is 3.82. The van der Waals surface area contributed by atoms with Crippen LogP contribution in [0, 0.1) is 11.6 Å². The molecular weight excluding hydrogens is 302 g/mol. The van der Waals surface area contributed by atoms with Gasteiger partial charge in [0.05, 0.1) is 7.11 Å². The summed E-state index contributed by atoms with van der Waals surface area (Å²) in [5, 5.41) is 0. The Morgan fingerprint density at radius 2 is 1.83 bits per heavy atom. The fraction of sp³-hybridized carbons (Fsp3) is 0.647. The Bertz CT molecular complexity index is 528. The topological polar surface area (TPSA) is 24.9 Å². The summed E-state index contributed by atoms with van der Waals surface area (Å²) in [4.78, 5) is 4.73.